The van der Waals surface area contributed by atoms with E-state index in [0.29, 0.717) is 13.2 Å². The van der Waals surface area contributed by atoms with Crippen molar-refractivity contribution < 1.29 is 14.6 Å². The molecule has 0 aliphatic carbocycles. The van der Waals surface area contributed by atoms with Crippen LogP contribution >= 0.6 is 0 Å². The van der Waals surface area contributed by atoms with E-state index < -0.39 is 0 Å². The second kappa shape index (κ2) is 16.9. The molecule has 3 heteroatoms. The van der Waals surface area contributed by atoms with Crippen LogP contribution in [0, 0.1) is 6.61 Å². The van der Waals surface area contributed by atoms with Gasteiger partial charge in [0.15, 0.2) is 0 Å². The standard InChI is InChI=1S/C17H35O3/c1-3-5-6-7-8-9-10-11-12-13-14-19-16-17(15-18)20-4-2/h15,17-18H,3-14,16H2,1-2H3. The van der Waals surface area contributed by atoms with Crippen LogP contribution in [0.1, 0.15) is 78.1 Å². The molecule has 0 aromatic rings. The third-order valence-corrected chi connectivity index (χ3v) is 3.47. The molecule has 0 bridgehead atoms. The molecule has 0 saturated carbocycles. The van der Waals surface area contributed by atoms with Crippen molar-refractivity contribution in [1.29, 1.82) is 0 Å². The Kier molecular flexibility index (Phi) is 16.8. The highest BCUT2D eigenvalue weighted by atomic mass is 16.5. The summed E-state index contributed by atoms with van der Waals surface area (Å²) in [7, 11) is 0. The molecule has 0 heterocycles. The van der Waals surface area contributed by atoms with Crippen LogP contribution in [0.3, 0.4) is 0 Å². The van der Waals surface area contributed by atoms with Crippen LogP contribution < -0.4 is 0 Å². The fraction of sp³-hybridized carbons (Fsp3) is 0.941. The Morgan fingerprint density at radius 3 is 1.90 bits per heavy atom. The summed E-state index contributed by atoms with van der Waals surface area (Å²) in [6.45, 7) is 7.08. The molecule has 0 aliphatic rings. The first-order chi connectivity index (χ1) is 9.85. The zero-order valence-corrected chi connectivity index (χ0v) is 13.6. The normalized spacial score (nSPS) is 12.8. The fourth-order valence-electron chi connectivity index (χ4n) is 2.24. The highest BCUT2D eigenvalue weighted by Gasteiger charge is 2.06. The molecular weight excluding hydrogens is 252 g/mol. The second-order valence-corrected chi connectivity index (χ2v) is 5.40. The van der Waals surface area contributed by atoms with Gasteiger partial charge in [-0.15, -0.1) is 0 Å². The lowest BCUT2D eigenvalue weighted by atomic mass is 10.1. The molecular formula is C17H35O3. The van der Waals surface area contributed by atoms with Crippen molar-refractivity contribution in [3.8, 4) is 0 Å². The fourth-order valence-corrected chi connectivity index (χ4v) is 2.24. The topological polar surface area (TPSA) is 38.7 Å². The number of ether oxygens (including phenoxy) is 2. The maximum Gasteiger partial charge on any atom is 0.111 e. The Balaban J connectivity index is 3.09. The number of hydrogen-bond acceptors (Lipinski definition) is 3. The second-order valence-electron chi connectivity index (χ2n) is 5.40. The first-order valence-corrected chi connectivity index (χ1v) is 8.52. The van der Waals surface area contributed by atoms with Gasteiger partial charge in [0.05, 0.1) is 6.61 Å². The number of hydrogen-bond donors (Lipinski definition) is 1. The average molecular weight is 287 g/mol. The van der Waals surface area contributed by atoms with E-state index in [1.165, 1.54) is 57.8 Å². The molecule has 0 saturated heterocycles. The van der Waals surface area contributed by atoms with Gasteiger partial charge in [-0.05, 0) is 13.3 Å². The molecule has 0 aromatic heterocycles. The SMILES string of the molecule is CCCCCCCCCCCCOCC([CH]O)OCC. The molecule has 0 aliphatic heterocycles. The summed E-state index contributed by atoms with van der Waals surface area (Å²) < 4.78 is 10.8. The van der Waals surface area contributed by atoms with E-state index in [4.69, 9.17) is 14.6 Å². The van der Waals surface area contributed by atoms with Crippen LogP contribution in [0.4, 0.5) is 0 Å². The van der Waals surface area contributed by atoms with E-state index in [1.54, 1.807) is 0 Å². The lowest BCUT2D eigenvalue weighted by Gasteiger charge is -2.13. The van der Waals surface area contributed by atoms with Crippen LogP contribution in [-0.2, 0) is 9.47 Å². The van der Waals surface area contributed by atoms with Gasteiger partial charge in [0.1, 0.15) is 12.7 Å². The summed E-state index contributed by atoms with van der Waals surface area (Å²) in [5.74, 6) is 0. The van der Waals surface area contributed by atoms with E-state index in [-0.39, 0.29) is 6.10 Å². The van der Waals surface area contributed by atoms with Crippen molar-refractivity contribution >= 4 is 0 Å². The first kappa shape index (κ1) is 19.9. The molecule has 1 unspecified atom stereocenters. The first-order valence-electron chi connectivity index (χ1n) is 8.52. The van der Waals surface area contributed by atoms with Gasteiger partial charge in [-0.1, -0.05) is 64.7 Å². The lowest BCUT2D eigenvalue weighted by molar-refractivity contribution is -0.0158. The van der Waals surface area contributed by atoms with Crippen molar-refractivity contribution in [2.24, 2.45) is 0 Å². The van der Waals surface area contributed by atoms with Crippen LogP contribution in [0.2, 0.25) is 0 Å². The largest absolute Gasteiger partial charge is 0.388 e. The Bertz CT molecular complexity index is 174. The predicted molar refractivity (Wildman–Crippen MR) is 84.3 cm³/mol. The summed E-state index contributed by atoms with van der Waals surface area (Å²) in [4.78, 5) is 0. The van der Waals surface area contributed by atoms with Crippen LogP contribution in [-0.4, -0.2) is 31.0 Å². The van der Waals surface area contributed by atoms with Gasteiger partial charge in [0, 0.05) is 13.2 Å². The molecule has 1 N–H and O–H groups in total. The summed E-state index contributed by atoms with van der Waals surface area (Å²) in [5.41, 5.74) is 0. The predicted octanol–water partition coefficient (Wildman–Crippen LogP) is 4.86. The van der Waals surface area contributed by atoms with Gasteiger partial charge >= 0.3 is 0 Å². The quantitative estimate of drug-likeness (QED) is 0.412. The summed E-state index contributed by atoms with van der Waals surface area (Å²) in [6.07, 6.45) is 13.1. The molecule has 0 aromatic carbocycles. The Labute approximate surface area is 126 Å². The van der Waals surface area contributed by atoms with Crippen LogP contribution in [0.15, 0.2) is 0 Å². The number of aliphatic hydroxyl groups excluding tert-OH is 1. The summed E-state index contributed by atoms with van der Waals surface area (Å²) >= 11 is 0. The van der Waals surface area contributed by atoms with Gasteiger partial charge in [-0.3, -0.25) is 0 Å². The van der Waals surface area contributed by atoms with Gasteiger partial charge in [0.2, 0.25) is 0 Å². The third-order valence-electron chi connectivity index (χ3n) is 3.47. The van der Waals surface area contributed by atoms with Crippen LogP contribution in [0.5, 0.6) is 0 Å². The average Bonchev–Trinajstić information content (AvgIpc) is 2.47. The van der Waals surface area contributed by atoms with Gasteiger partial charge in [-0.25, -0.2) is 0 Å². The molecule has 121 valence electrons. The van der Waals surface area contributed by atoms with E-state index in [9.17, 15) is 0 Å². The van der Waals surface area contributed by atoms with Gasteiger partial charge in [0.25, 0.3) is 0 Å². The van der Waals surface area contributed by atoms with Crippen molar-refractivity contribution in [3.05, 3.63) is 6.61 Å². The molecule has 0 spiro atoms. The van der Waals surface area contributed by atoms with E-state index in [2.05, 4.69) is 6.92 Å². The number of unbranched alkanes of at least 4 members (excludes halogenated alkanes) is 9. The molecule has 3 nitrogen and oxygen atoms in total. The third kappa shape index (κ3) is 14.3. The van der Waals surface area contributed by atoms with Crippen LogP contribution in [0.25, 0.3) is 0 Å². The monoisotopic (exact) mass is 287 g/mol. The zero-order valence-electron chi connectivity index (χ0n) is 13.6. The Morgan fingerprint density at radius 2 is 1.40 bits per heavy atom. The summed E-state index contributed by atoms with van der Waals surface area (Å²) in [6, 6.07) is 0. The van der Waals surface area contributed by atoms with Crippen molar-refractivity contribution in [2.75, 3.05) is 19.8 Å². The van der Waals surface area contributed by atoms with Crippen molar-refractivity contribution in [3.63, 3.8) is 0 Å². The van der Waals surface area contributed by atoms with Gasteiger partial charge < -0.3 is 14.6 Å². The molecule has 1 radical (unpaired) electrons. The maximum absolute atomic E-state index is 8.90. The number of rotatable bonds is 16. The molecule has 20 heavy (non-hydrogen) atoms. The minimum Gasteiger partial charge on any atom is -0.388 e. The number of aliphatic hydroxyl groups is 1. The lowest BCUT2D eigenvalue weighted by Crippen LogP contribution is -2.20. The molecule has 1 atom stereocenters. The molecule has 0 rings (SSSR count). The Morgan fingerprint density at radius 1 is 0.850 bits per heavy atom. The minimum atomic E-state index is -0.275. The Hall–Kier alpha value is -0.120. The molecule has 0 fully saturated rings. The minimum absolute atomic E-state index is 0.275. The van der Waals surface area contributed by atoms with Crippen molar-refractivity contribution in [1.82, 2.24) is 0 Å². The van der Waals surface area contributed by atoms with E-state index in [0.717, 1.165) is 19.6 Å². The summed E-state index contributed by atoms with van der Waals surface area (Å²) in [5, 5.41) is 8.90. The van der Waals surface area contributed by atoms with Gasteiger partial charge in [-0.2, -0.15) is 0 Å². The highest BCUT2D eigenvalue weighted by Crippen LogP contribution is 2.10. The van der Waals surface area contributed by atoms with Crippen molar-refractivity contribution in [2.45, 2.75) is 84.2 Å². The van der Waals surface area contributed by atoms with E-state index in [1.807, 2.05) is 6.92 Å². The molecule has 0 amide bonds. The maximum atomic E-state index is 8.90. The highest BCUT2D eigenvalue weighted by molar-refractivity contribution is 4.64. The zero-order chi connectivity index (χ0) is 14.9. The smallest absolute Gasteiger partial charge is 0.111 e. The van der Waals surface area contributed by atoms with E-state index >= 15 is 0 Å².